The average molecular weight is 594 g/mol. The number of hydrogen-bond donors (Lipinski definition) is 2. The number of imidazole rings is 1. The normalized spacial score (nSPS) is 11.9. The van der Waals surface area contributed by atoms with Crippen LogP contribution in [0.25, 0.3) is 0 Å². The first-order valence-corrected chi connectivity index (χ1v) is 14.5. The highest BCUT2D eigenvalue weighted by Crippen LogP contribution is 2.22. The van der Waals surface area contributed by atoms with E-state index in [1.165, 1.54) is 9.13 Å². The minimum atomic E-state index is -0.969. The van der Waals surface area contributed by atoms with Gasteiger partial charge in [-0.1, -0.05) is 104 Å². The van der Waals surface area contributed by atoms with Crippen LogP contribution in [0.1, 0.15) is 58.4 Å². The molecule has 2 aromatic heterocycles. The molecule has 0 spiro atoms. The molecule has 10 nitrogen and oxygen atoms in total. The van der Waals surface area contributed by atoms with Crippen molar-refractivity contribution in [3.63, 3.8) is 0 Å². The fourth-order valence-electron chi connectivity index (χ4n) is 5.12. The Hall–Kier alpha value is -5.25. The highest BCUT2D eigenvalue weighted by atomic mass is 16.4. The van der Waals surface area contributed by atoms with Crippen molar-refractivity contribution in [1.29, 1.82) is 0 Å². The molecule has 2 heterocycles. The third-order valence-electron chi connectivity index (χ3n) is 7.38. The molecule has 1 amide bonds. The number of carbonyl (C=O) groups excluding carboxylic acids is 2. The van der Waals surface area contributed by atoms with Crippen molar-refractivity contribution in [1.82, 2.24) is 24.6 Å². The highest BCUT2D eigenvalue weighted by molar-refractivity contribution is 5.98. The van der Waals surface area contributed by atoms with Crippen LogP contribution in [0.3, 0.4) is 0 Å². The molecule has 44 heavy (non-hydrogen) atoms. The number of aryl methyl sites for hydroxylation is 1. The first-order chi connectivity index (χ1) is 21.2. The molecule has 0 aliphatic rings. The number of aromatic hydroxyl groups is 1. The molecule has 0 aliphatic heterocycles. The molecule has 5 aromatic rings. The molecule has 10 heteroatoms. The zero-order valence-electron chi connectivity index (χ0n) is 24.9. The summed E-state index contributed by atoms with van der Waals surface area (Å²) in [7, 11) is 0. The third kappa shape index (κ3) is 7.03. The number of aromatic nitrogens is 4. The van der Waals surface area contributed by atoms with Crippen molar-refractivity contribution in [2.45, 2.75) is 52.7 Å². The van der Waals surface area contributed by atoms with Crippen LogP contribution in [0.15, 0.2) is 94.1 Å². The van der Waals surface area contributed by atoms with Gasteiger partial charge in [0.15, 0.2) is 0 Å². The summed E-state index contributed by atoms with van der Waals surface area (Å²) < 4.78 is 8.20. The molecule has 2 N–H and O–H groups in total. The number of nitrogens with zero attached hydrogens (tertiary/aromatic N) is 4. The van der Waals surface area contributed by atoms with Crippen LogP contribution < -0.4 is 11.0 Å². The monoisotopic (exact) mass is 593 g/mol. The second-order valence-corrected chi connectivity index (χ2v) is 11.2. The summed E-state index contributed by atoms with van der Waals surface area (Å²) in [5.41, 5.74) is 3.53. The van der Waals surface area contributed by atoms with Crippen molar-refractivity contribution < 1.29 is 19.1 Å². The van der Waals surface area contributed by atoms with E-state index in [0.717, 1.165) is 22.3 Å². The Morgan fingerprint density at radius 3 is 2.18 bits per heavy atom. The number of carbonyl (C=O) groups is 2. The van der Waals surface area contributed by atoms with Crippen LogP contribution in [0.4, 0.5) is 0 Å². The molecule has 0 aliphatic carbocycles. The van der Waals surface area contributed by atoms with Gasteiger partial charge in [-0.3, -0.25) is 18.7 Å². The van der Waals surface area contributed by atoms with E-state index < -0.39 is 30.0 Å². The largest absolute Gasteiger partial charge is 0.493 e. The first kappa shape index (κ1) is 30.2. The standard InChI is InChI=1S/C34H35N5O5/c1-22(2)30(31(41)32-37-36-29(44-32)19-26-16-10-11-23(3)17-26)35-28(40)21-38-27(18-24-12-6-4-7-13-24)33(42)39(34(38)43)20-25-14-8-5-9-15-25/h4-17,22,30,42H,18-21H2,1-3H3,(H,35,40). The van der Waals surface area contributed by atoms with E-state index in [1.807, 2.05) is 91.9 Å². The second-order valence-electron chi connectivity index (χ2n) is 11.2. The Labute approximate surface area is 255 Å². The summed E-state index contributed by atoms with van der Waals surface area (Å²) in [5, 5.41) is 21.9. The van der Waals surface area contributed by atoms with Gasteiger partial charge in [0.1, 0.15) is 6.54 Å². The van der Waals surface area contributed by atoms with E-state index in [4.69, 9.17) is 4.42 Å². The molecule has 0 radical (unpaired) electrons. The maximum absolute atomic E-state index is 13.6. The van der Waals surface area contributed by atoms with Crippen LogP contribution in [-0.2, 0) is 30.7 Å². The Bertz CT molecular complexity index is 1800. The van der Waals surface area contributed by atoms with E-state index >= 15 is 0 Å². The molecule has 1 unspecified atom stereocenters. The summed E-state index contributed by atoms with van der Waals surface area (Å²) in [5.74, 6) is -1.50. The fourth-order valence-corrected chi connectivity index (χ4v) is 5.12. The maximum atomic E-state index is 13.6. The van der Waals surface area contributed by atoms with E-state index in [-0.39, 0.29) is 30.7 Å². The van der Waals surface area contributed by atoms with Gasteiger partial charge in [0.25, 0.3) is 5.89 Å². The van der Waals surface area contributed by atoms with Gasteiger partial charge in [-0.25, -0.2) is 4.79 Å². The quantitative estimate of drug-likeness (QED) is 0.206. The summed E-state index contributed by atoms with van der Waals surface area (Å²) in [6.07, 6.45) is 0.604. The topological polar surface area (TPSA) is 132 Å². The molecule has 0 fully saturated rings. The predicted molar refractivity (Wildman–Crippen MR) is 165 cm³/mol. The van der Waals surface area contributed by atoms with Crippen molar-refractivity contribution in [2.75, 3.05) is 0 Å². The van der Waals surface area contributed by atoms with Crippen molar-refractivity contribution >= 4 is 11.7 Å². The zero-order chi connectivity index (χ0) is 31.2. The van der Waals surface area contributed by atoms with Gasteiger partial charge in [-0.2, -0.15) is 0 Å². The molecular formula is C34H35N5O5. The van der Waals surface area contributed by atoms with Crippen LogP contribution >= 0.6 is 0 Å². The molecular weight excluding hydrogens is 558 g/mol. The van der Waals surface area contributed by atoms with Gasteiger partial charge < -0.3 is 14.8 Å². The molecule has 226 valence electrons. The van der Waals surface area contributed by atoms with Gasteiger partial charge in [0.2, 0.25) is 23.5 Å². The number of rotatable bonds is 12. The van der Waals surface area contributed by atoms with E-state index in [0.29, 0.717) is 18.0 Å². The lowest BCUT2D eigenvalue weighted by molar-refractivity contribution is -0.122. The Morgan fingerprint density at radius 1 is 0.864 bits per heavy atom. The number of ketones is 1. The van der Waals surface area contributed by atoms with E-state index in [9.17, 15) is 19.5 Å². The Morgan fingerprint density at radius 2 is 1.52 bits per heavy atom. The Balaban J connectivity index is 1.36. The number of Topliss-reactive ketones (excluding diaryl/α,β-unsaturated/α-hetero) is 1. The van der Waals surface area contributed by atoms with Gasteiger partial charge in [-0.15, -0.1) is 10.2 Å². The Kier molecular flexibility index (Phi) is 9.18. The number of hydrogen-bond acceptors (Lipinski definition) is 7. The van der Waals surface area contributed by atoms with Crippen LogP contribution in [0.5, 0.6) is 5.88 Å². The summed E-state index contributed by atoms with van der Waals surface area (Å²) in [6, 6.07) is 25.6. The molecule has 1 atom stereocenters. The van der Waals surface area contributed by atoms with E-state index in [1.54, 1.807) is 13.8 Å². The smallest absolute Gasteiger partial charge is 0.332 e. The van der Waals surface area contributed by atoms with Gasteiger partial charge >= 0.3 is 5.69 Å². The van der Waals surface area contributed by atoms with Gasteiger partial charge in [0, 0.05) is 6.42 Å². The average Bonchev–Trinajstić information content (AvgIpc) is 3.56. The molecule has 0 saturated carbocycles. The van der Waals surface area contributed by atoms with Crippen LogP contribution in [-0.4, -0.2) is 42.2 Å². The summed E-state index contributed by atoms with van der Waals surface area (Å²) in [4.78, 5) is 40.4. The van der Waals surface area contributed by atoms with Gasteiger partial charge in [-0.05, 0) is 29.5 Å². The van der Waals surface area contributed by atoms with Gasteiger partial charge in [0.05, 0.1) is 24.7 Å². The van der Waals surface area contributed by atoms with Crippen molar-refractivity contribution in [2.24, 2.45) is 5.92 Å². The van der Waals surface area contributed by atoms with Crippen LogP contribution in [0.2, 0.25) is 0 Å². The lowest BCUT2D eigenvalue weighted by atomic mass is 9.99. The van der Waals surface area contributed by atoms with Crippen LogP contribution in [0, 0.1) is 12.8 Å². The minimum absolute atomic E-state index is 0.136. The first-order valence-electron chi connectivity index (χ1n) is 14.5. The molecule has 5 rings (SSSR count). The molecule has 0 bridgehead atoms. The predicted octanol–water partition coefficient (Wildman–Crippen LogP) is 4.30. The third-order valence-corrected chi connectivity index (χ3v) is 7.38. The lowest BCUT2D eigenvalue weighted by Gasteiger charge is -2.20. The van der Waals surface area contributed by atoms with Crippen molar-refractivity contribution in [3.8, 4) is 5.88 Å². The summed E-state index contributed by atoms with van der Waals surface area (Å²) in [6.45, 7) is 5.32. The van der Waals surface area contributed by atoms with Crippen molar-refractivity contribution in [3.05, 3.63) is 135 Å². The summed E-state index contributed by atoms with van der Waals surface area (Å²) >= 11 is 0. The molecule has 0 saturated heterocycles. The molecule has 3 aromatic carbocycles. The zero-order valence-corrected chi connectivity index (χ0v) is 24.9. The lowest BCUT2D eigenvalue weighted by Crippen LogP contribution is -2.46. The second kappa shape index (κ2) is 13.4. The van der Waals surface area contributed by atoms with E-state index in [2.05, 4.69) is 15.5 Å². The maximum Gasteiger partial charge on any atom is 0.332 e. The fraction of sp³-hybridized carbons (Fsp3) is 0.265. The minimum Gasteiger partial charge on any atom is -0.493 e. The SMILES string of the molecule is Cc1cccc(Cc2nnc(C(=O)C(NC(=O)Cn3c(Cc4ccccc4)c(O)n(Cc4ccccc4)c3=O)C(C)C)o2)c1. The number of benzene rings is 3. The number of amides is 1. The highest BCUT2D eigenvalue weighted by Gasteiger charge is 2.30. The number of nitrogens with one attached hydrogen (secondary N) is 1.